The van der Waals surface area contributed by atoms with Gasteiger partial charge >= 0.3 is 5.97 Å². The first-order valence-corrected chi connectivity index (χ1v) is 3.35. The molecule has 0 aliphatic carbocycles. The Balaban J connectivity index is 2.46. The summed E-state index contributed by atoms with van der Waals surface area (Å²) in [5.41, 5.74) is 0. The third-order valence-electron chi connectivity index (χ3n) is 1.59. The lowest BCUT2D eigenvalue weighted by Gasteiger charge is -2.03. The van der Waals surface area contributed by atoms with Gasteiger partial charge in [0.15, 0.2) is 0 Å². The average molecular weight is 141 g/mol. The molecular formula is C7H11NO2. The average Bonchev–Trinajstić information content (AvgIpc) is 2.34. The Labute approximate surface area is 60.1 Å². The summed E-state index contributed by atoms with van der Waals surface area (Å²) in [6.07, 6.45) is 2.61. The molecular weight excluding hydrogens is 130 g/mol. The molecule has 0 radical (unpaired) electrons. The van der Waals surface area contributed by atoms with E-state index in [2.05, 4.69) is 9.73 Å². The SMILES string of the molecule is COC(=O)C1CC(C)C=N1. The van der Waals surface area contributed by atoms with E-state index in [0.29, 0.717) is 5.92 Å². The molecule has 3 heteroatoms. The lowest BCUT2D eigenvalue weighted by molar-refractivity contribution is -0.142. The molecule has 0 saturated carbocycles. The van der Waals surface area contributed by atoms with Gasteiger partial charge in [-0.1, -0.05) is 6.92 Å². The predicted molar refractivity (Wildman–Crippen MR) is 38.1 cm³/mol. The van der Waals surface area contributed by atoms with Gasteiger partial charge in [-0.2, -0.15) is 0 Å². The van der Waals surface area contributed by atoms with Crippen LogP contribution in [0.2, 0.25) is 0 Å². The molecule has 0 aromatic heterocycles. The Kier molecular flexibility index (Phi) is 2.04. The summed E-state index contributed by atoms with van der Waals surface area (Å²) < 4.78 is 4.53. The minimum atomic E-state index is -0.236. The number of esters is 1. The van der Waals surface area contributed by atoms with Gasteiger partial charge in [-0.15, -0.1) is 0 Å². The van der Waals surface area contributed by atoms with Crippen molar-refractivity contribution in [2.24, 2.45) is 10.9 Å². The highest BCUT2D eigenvalue weighted by Gasteiger charge is 2.23. The van der Waals surface area contributed by atoms with E-state index in [1.807, 2.05) is 13.1 Å². The Morgan fingerprint density at radius 1 is 1.80 bits per heavy atom. The zero-order chi connectivity index (χ0) is 7.56. The fourth-order valence-electron chi connectivity index (χ4n) is 1.02. The fraction of sp³-hybridized carbons (Fsp3) is 0.714. The minimum absolute atomic E-state index is 0.222. The monoisotopic (exact) mass is 141 g/mol. The molecule has 1 aliphatic heterocycles. The van der Waals surface area contributed by atoms with Crippen molar-refractivity contribution in [3.8, 4) is 0 Å². The van der Waals surface area contributed by atoms with Crippen LogP contribution >= 0.6 is 0 Å². The first-order valence-electron chi connectivity index (χ1n) is 3.35. The van der Waals surface area contributed by atoms with Gasteiger partial charge in [-0.05, 0) is 12.3 Å². The van der Waals surface area contributed by atoms with Crippen molar-refractivity contribution >= 4 is 12.2 Å². The number of carbonyl (C=O) groups is 1. The highest BCUT2D eigenvalue weighted by atomic mass is 16.5. The van der Waals surface area contributed by atoms with Crippen LogP contribution in [0.5, 0.6) is 0 Å². The van der Waals surface area contributed by atoms with E-state index in [1.54, 1.807) is 0 Å². The molecule has 0 fully saturated rings. The van der Waals surface area contributed by atoms with Crippen molar-refractivity contribution in [1.29, 1.82) is 0 Å². The van der Waals surface area contributed by atoms with Crippen LogP contribution in [0.25, 0.3) is 0 Å². The van der Waals surface area contributed by atoms with Gasteiger partial charge in [0.05, 0.1) is 7.11 Å². The number of aliphatic imine (C=N–C) groups is 1. The van der Waals surface area contributed by atoms with Crippen LogP contribution < -0.4 is 0 Å². The summed E-state index contributed by atoms with van der Waals surface area (Å²) in [6, 6.07) is -0.236. The third-order valence-corrected chi connectivity index (χ3v) is 1.59. The van der Waals surface area contributed by atoms with Gasteiger partial charge in [-0.25, -0.2) is 4.79 Å². The zero-order valence-electron chi connectivity index (χ0n) is 6.20. The molecule has 56 valence electrons. The minimum Gasteiger partial charge on any atom is -0.467 e. The van der Waals surface area contributed by atoms with Crippen molar-refractivity contribution < 1.29 is 9.53 Å². The molecule has 1 aliphatic rings. The molecule has 10 heavy (non-hydrogen) atoms. The largest absolute Gasteiger partial charge is 0.467 e. The molecule has 0 N–H and O–H groups in total. The van der Waals surface area contributed by atoms with Crippen molar-refractivity contribution in [2.45, 2.75) is 19.4 Å². The summed E-state index contributed by atoms with van der Waals surface area (Å²) in [5, 5.41) is 0. The van der Waals surface area contributed by atoms with E-state index in [4.69, 9.17) is 0 Å². The number of ether oxygens (including phenoxy) is 1. The molecule has 3 nitrogen and oxygen atoms in total. The van der Waals surface area contributed by atoms with Crippen molar-refractivity contribution in [3.05, 3.63) is 0 Å². The third kappa shape index (κ3) is 1.35. The number of methoxy groups -OCH3 is 1. The summed E-state index contributed by atoms with van der Waals surface area (Å²) in [4.78, 5) is 14.8. The van der Waals surface area contributed by atoms with E-state index in [-0.39, 0.29) is 12.0 Å². The molecule has 0 aromatic carbocycles. The summed E-state index contributed by atoms with van der Waals surface area (Å²) >= 11 is 0. The van der Waals surface area contributed by atoms with Crippen molar-refractivity contribution in [2.75, 3.05) is 7.11 Å². The topological polar surface area (TPSA) is 38.7 Å². The molecule has 0 amide bonds. The standard InChI is InChI=1S/C7H11NO2/c1-5-3-6(8-4-5)7(9)10-2/h4-6H,3H2,1-2H3. The first-order chi connectivity index (χ1) is 4.74. The fourth-order valence-corrected chi connectivity index (χ4v) is 1.02. The maximum Gasteiger partial charge on any atom is 0.330 e. The van der Waals surface area contributed by atoms with Gasteiger partial charge < -0.3 is 4.74 Å². The van der Waals surface area contributed by atoms with Crippen LogP contribution in [0.1, 0.15) is 13.3 Å². The Hall–Kier alpha value is -0.860. The number of nitrogens with zero attached hydrogens (tertiary/aromatic N) is 1. The second-order valence-electron chi connectivity index (χ2n) is 2.55. The molecule has 1 heterocycles. The second kappa shape index (κ2) is 2.82. The molecule has 0 bridgehead atoms. The lowest BCUT2D eigenvalue weighted by atomic mass is 10.1. The van der Waals surface area contributed by atoms with Gasteiger partial charge in [0.2, 0.25) is 0 Å². The summed E-state index contributed by atoms with van der Waals surface area (Å²) in [5.74, 6) is 0.199. The highest BCUT2D eigenvalue weighted by molar-refractivity contribution is 5.81. The van der Waals surface area contributed by atoms with E-state index >= 15 is 0 Å². The maximum absolute atomic E-state index is 10.8. The van der Waals surface area contributed by atoms with Gasteiger partial charge in [0.25, 0.3) is 0 Å². The van der Waals surface area contributed by atoms with Crippen LogP contribution in [0, 0.1) is 5.92 Å². The Morgan fingerprint density at radius 3 is 2.90 bits per heavy atom. The van der Waals surface area contributed by atoms with Crippen molar-refractivity contribution in [1.82, 2.24) is 0 Å². The van der Waals surface area contributed by atoms with Gasteiger partial charge in [0.1, 0.15) is 6.04 Å². The maximum atomic E-state index is 10.8. The Bertz CT molecular complexity index is 165. The number of rotatable bonds is 1. The number of carbonyl (C=O) groups excluding carboxylic acids is 1. The van der Waals surface area contributed by atoms with Crippen molar-refractivity contribution in [3.63, 3.8) is 0 Å². The van der Waals surface area contributed by atoms with Gasteiger partial charge in [0, 0.05) is 6.21 Å². The highest BCUT2D eigenvalue weighted by Crippen LogP contribution is 2.14. The Morgan fingerprint density at radius 2 is 2.50 bits per heavy atom. The van der Waals surface area contributed by atoms with Crippen LogP contribution in [-0.2, 0) is 9.53 Å². The molecule has 2 unspecified atom stereocenters. The predicted octanol–water partition coefficient (Wildman–Crippen LogP) is 0.639. The second-order valence-corrected chi connectivity index (χ2v) is 2.55. The molecule has 0 aromatic rings. The number of hydrogen-bond donors (Lipinski definition) is 0. The smallest absolute Gasteiger partial charge is 0.330 e. The summed E-state index contributed by atoms with van der Waals surface area (Å²) in [7, 11) is 1.39. The first kappa shape index (κ1) is 7.25. The molecule has 1 rings (SSSR count). The van der Waals surface area contributed by atoms with Crippen LogP contribution in [0.4, 0.5) is 0 Å². The van der Waals surface area contributed by atoms with E-state index in [0.717, 1.165) is 6.42 Å². The van der Waals surface area contributed by atoms with Crippen LogP contribution in [-0.4, -0.2) is 25.3 Å². The lowest BCUT2D eigenvalue weighted by Crippen LogP contribution is -2.18. The van der Waals surface area contributed by atoms with E-state index in [9.17, 15) is 4.79 Å². The zero-order valence-corrected chi connectivity index (χ0v) is 6.20. The van der Waals surface area contributed by atoms with E-state index in [1.165, 1.54) is 7.11 Å². The normalized spacial score (nSPS) is 30.6. The van der Waals surface area contributed by atoms with Crippen LogP contribution in [0.15, 0.2) is 4.99 Å². The quantitative estimate of drug-likeness (QED) is 0.502. The molecule has 0 spiro atoms. The van der Waals surface area contributed by atoms with Gasteiger partial charge in [-0.3, -0.25) is 4.99 Å². The molecule has 2 atom stereocenters. The van der Waals surface area contributed by atoms with Crippen LogP contribution in [0.3, 0.4) is 0 Å². The van der Waals surface area contributed by atoms with E-state index < -0.39 is 0 Å². The molecule has 0 saturated heterocycles. The number of hydrogen-bond acceptors (Lipinski definition) is 3. The summed E-state index contributed by atoms with van der Waals surface area (Å²) in [6.45, 7) is 2.03.